The molecule has 0 saturated heterocycles. The van der Waals surface area contributed by atoms with Crippen LogP contribution in [0.4, 0.5) is 0 Å². The zero-order valence-electron chi connectivity index (χ0n) is 8.03. The van der Waals surface area contributed by atoms with Crippen molar-refractivity contribution in [2.24, 2.45) is 5.92 Å². The van der Waals surface area contributed by atoms with Crippen LogP contribution in [0.2, 0.25) is 0 Å². The molecule has 1 atom stereocenters. The zero-order valence-corrected chi connectivity index (χ0v) is 8.03. The topological polar surface area (TPSA) is 66.4 Å². The van der Waals surface area contributed by atoms with E-state index >= 15 is 0 Å². The molecule has 14 heavy (non-hydrogen) atoms. The molecule has 0 aliphatic heterocycles. The van der Waals surface area contributed by atoms with E-state index in [2.05, 4.69) is 18.5 Å². The molecule has 1 amide bonds. The van der Waals surface area contributed by atoms with Gasteiger partial charge in [-0.25, -0.2) is 0 Å². The molecule has 0 fully saturated rings. The maximum Gasteiger partial charge on any atom is 0.304 e. The summed E-state index contributed by atoms with van der Waals surface area (Å²) in [7, 11) is 0. The van der Waals surface area contributed by atoms with E-state index in [1.54, 1.807) is 12.2 Å². The maximum absolute atomic E-state index is 11.4. The Morgan fingerprint density at radius 2 is 2.00 bits per heavy atom. The number of carbonyl (C=O) groups excluding carboxylic acids is 1. The summed E-state index contributed by atoms with van der Waals surface area (Å²) in [6, 6.07) is 0. The summed E-state index contributed by atoms with van der Waals surface area (Å²) in [4.78, 5) is 21.8. The molecule has 4 heteroatoms. The minimum absolute atomic E-state index is 0.172. The number of hydrogen-bond donors (Lipinski definition) is 2. The number of hydrogen-bond acceptors (Lipinski definition) is 2. The van der Waals surface area contributed by atoms with Gasteiger partial charge in [-0.1, -0.05) is 12.2 Å². The van der Waals surface area contributed by atoms with Crippen molar-refractivity contribution in [1.82, 2.24) is 5.32 Å². The van der Waals surface area contributed by atoms with Gasteiger partial charge in [-0.2, -0.15) is 0 Å². The van der Waals surface area contributed by atoms with Crippen LogP contribution in [0.5, 0.6) is 0 Å². The second kappa shape index (κ2) is 6.88. The molecule has 0 aliphatic carbocycles. The highest BCUT2D eigenvalue weighted by Crippen LogP contribution is 2.09. The van der Waals surface area contributed by atoms with Crippen molar-refractivity contribution in [2.75, 3.05) is 6.54 Å². The van der Waals surface area contributed by atoms with Gasteiger partial charge in [-0.15, -0.1) is 13.2 Å². The Morgan fingerprint density at radius 3 is 2.43 bits per heavy atom. The summed E-state index contributed by atoms with van der Waals surface area (Å²) >= 11 is 0. The highest BCUT2D eigenvalue weighted by molar-refractivity contribution is 5.83. The summed E-state index contributed by atoms with van der Waals surface area (Å²) in [5.74, 6) is -1.79. The van der Waals surface area contributed by atoms with Crippen molar-refractivity contribution in [1.29, 1.82) is 0 Å². The first-order valence-corrected chi connectivity index (χ1v) is 4.33. The first kappa shape index (κ1) is 12.4. The van der Waals surface area contributed by atoms with Crippen LogP contribution >= 0.6 is 0 Å². The van der Waals surface area contributed by atoms with Gasteiger partial charge < -0.3 is 10.4 Å². The van der Waals surface area contributed by atoms with Crippen LogP contribution in [-0.2, 0) is 9.59 Å². The predicted molar refractivity (Wildman–Crippen MR) is 53.8 cm³/mol. The minimum atomic E-state index is -0.981. The van der Waals surface area contributed by atoms with Crippen LogP contribution in [0.15, 0.2) is 25.3 Å². The fourth-order valence-corrected chi connectivity index (χ4v) is 1.01. The fraction of sp³-hybridized carbons (Fsp3) is 0.400. The Hall–Kier alpha value is -1.58. The first-order valence-electron chi connectivity index (χ1n) is 4.33. The average Bonchev–Trinajstić information content (AvgIpc) is 2.13. The van der Waals surface area contributed by atoms with Crippen LogP contribution in [0, 0.1) is 5.92 Å². The number of aliphatic carboxylic acids is 1. The van der Waals surface area contributed by atoms with E-state index in [4.69, 9.17) is 5.11 Å². The minimum Gasteiger partial charge on any atom is -0.481 e. The lowest BCUT2D eigenvalue weighted by molar-refractivity contribution is -0.141. The van der Waals surface area contributed by atoms with E-state index in [-0.39, 0.29) is 12.3 Å². The fourth-order valence-electron chi connectivity index (χ4n) is 1.01. The standard InChI is InChI=1S/C10H15NO3/c1-3-5-8(7-9(12)13)10(14)11-6-4-2/h3-4,8H,1-2,5-7H2,(H,11,14)(H,12,13). The zero-order chi connectivity index (χ0) is 11.0. The molecule has 0 rings (SSSR count). The van der Waals surface area contributed by atoms with Gasteiger partial charge >= 0.3 is 5.97 Å². The monoisotopic (exact) mass is 197 g/mol. The maximum atomic E-state index is 11.4. The third kappa shape index (κ3) is 5.13. The molecule has 0 aromatic rings. The Morgan fingerprint density at radius 1 is 1.36 bits per heavy atom. The lowest BCUT2D eigenvalue weighted by Gasteiger charge is -2.11. The van der Waals surface area contributed by atoms with E-state index in [1.165, 1.54) is 0 Å². The molecule has 2 N–H and O–H groups in total. The second-order valence-corrected chi connectivity index (χ2v) is 2.85. The molecule has 4 nitrogen and oxygen atoms in total. The van der Waals surface area contributed by atoms with Crippen molar-refractivity contribution in [2.45, 2.75) is 12.8 Å². The number of nitrogens with one attached hydrogen (secondary N) is 1. The van der Waals surface area contributed by atoms with Gasteiger partial charge in [0.25, 0.3) is 0 Å². The largest absolute Gasteiger partial charge is 0.481 e. The molecule has 0 spiro atoms. The van der Waals surface area contributed by atoms with Gasteiger partial charge in [-0.3, -0.25) is 9.59 Å². The van der Waals surface area contributed by atoms with Gasteiger partial charge in [0.1, 0.15) is 0 Å². The number of carboxylic acids is 1. The van der Waals surface area contributed by atoms with Gasteiger partial charge in [0.15, 0.2) is 0 Å². The summed E-state index contributed by atoms with van der Waals surface area (Å²) in [5.41, 5.74) is 0. The van der Waals surface area contributed by atoms with Gasteiger partial charge in [0.2, 0.25) is 5.91 Å². The number of rotatable bonds is 7. The highest BCUT2D eigenvalue weighted by Gasteiger charge is 2.19. The Kier molecular flexibility index (Phi) is 6.11. The van der Waals surface area contributed by atoms with Crippen LogP contribution < -0.4 is 5.32 Å². The van der Waals surface area contributed by atoms with Crippen molar-refractivity contribution in [3.8, 4) is 0 Å². The molecule has 0 heterocycles. The van der Waals surface area contributed by atoms with Crippen LogP contribution in [-0.4, -0.2) is 23.5 Å². The predicted octanol–water partition coefficient (Wildman–Crippen LogP) is 0.956. The normalized spacial score (nSPS) is 11.4. The molecule has 0 aromatic heterocycles. The quantitative estimate of drug-likeness (QED) is 0.597. The Balaban J connectivity index is 4.16. The van der Waals surface area contributed by atoms with E-state index in [1.807, 2.05) is 0 Å². The third-order valence-electron chi connectivity index (χ3n) is 1.66. The van der Waals surface area contributed by atoms with Crippen molar-refractivity contribution < 1.29 is 14.7 Å². The van der Waals surface area contributed by atoms with Crippen LogP contribution in [0.1, 0.15) is 12.8 Å². The SMILES string of the molecule is C=CCNC(=O)C(CC=C)CC(=O)O. The lowest BCUT2D eigenvalue weighted by Crippen LogP contribution is -2.31. The number of amides is 1. The van der Waals surface area contributed by atoms with Gasteiger partial charge in [0.05, 0.1) is 12.3 Å². The molecule has 78 valence electrons. The van der Waals surface area contributed by atoms with E-state index < -0.39 is 11.9 Å². The van der Waals surface area contributed by atoms with E-state index in [0.29, 0.717) is 13.0 Å². The molecule has 0 saturated carbocycles. The van der Waals surface area contributed by atoms with Crippen LogP contribution in [0.3, 0.4) is 0 Å². The molecule has 0 aliphatic rings. The highest BCUT2D eigenvalue weighted by atomic mass is 16.4. The molecule has 1 unspecified atom stereocenters. The smallest absolute Gasteiger partial charge is 0.304 e. The van der Waals surface area contributed by atoms with Gasteiger partial charge in [-0.05, 0) is 6.42 Å². The number of carboxylic acid groups (broad SMARTS) is 1. The molecular weight excluding hydrogens is 182 g/mol. The van der Waals surface area contributed by atoms with Crippen molar-refractivity contribution >= 4 is 11.9 Å². The average molecular weight is 197 g/mol. The second-order valence-electron chi connectivity index (χ2n) is 2.85. The van der Waals surface area contributed by atoms with E-state index in [9.17, 15) is 9.59 Å². The summed E-state index contributed by atoms with van der Waals surface area (Å²) in [6.07, 6.45) is 3.29. The first-order chi connectivity index (χ1) is 6.61. The molecule has 0 radical (unpaired) electrons. The number of carbonyl (C=O) groups is 2. The Bertz CT molecular complexity index is 236. The van der Waals surface area contributed by atoms with Crippen LogP contribution in [0.25, 0.3) is 0 Å². The summed E-state index contributed by atoms with van der Waals surface area (Å²) < 4.78 is 0. The summed E-state index contributed by atoms with van der Waals surface area (Å²) in [5, 5.41) is 11.1. The van der Waals surface area contributed by atoms with E-state index in [0.717, 1.165) is 0 Å². The third-order valence-corrected chi connectivity index (χ3v) is 1.66. The molecule has 0 bridgehead atoms. The molecular formula is C10H15NO3. The Labute approximate surface area is 83.3 Å². The van der Waals surface area contributed by atoms with Crippen molar-refractivity contribution in [3.05, 3.63) is 25.3 Å². The van der Waals surface area contributed by atoms with Crippen molar-refractivity contribution in [3.63, 3.8) is 0 Å². The molecule has 0 aromatic carbocycles. The number of allylic oxidation sites excluding steroid dienone is 1. The summed E-state index contributed by atoms with van der Waals surface area (Å²) in [6.45, 7) is 7.28. The van der Waals surface area contributed by atoms with Gasteiger partial charge in [0, 0.05) is 6.54 Å². The lowest BCUT2D eigenvalue weighted by atomic mass is 10.0.